The number of pyridine rings is 1. The van der Waals surface area contributed by atoms with Gasteiger partial charge in [-0.15, -0.1) is 0 Å². The Morgan fingerprint density at radius 1 is 1.48 bits per heavy atom. The van der Waals surface area contributed by atoms with Gasteiger partial charge in [0, 0.05) is 13.2 Å². The average Bonchev–Trinajstić information content (AvgIpc) is 3.33. The third kappa shape index (κ3) is 3.94. The molecule has 5 heteroatoms. The van der Waals surface area contributed by atoms with E-state index in [0.717, 1.165) is 25.7 Å². The number of amides is 1. The first-order valence-corrected chi connectivity index (χ1v) is 7.55. The highest BCUT2D eigenvalue weighted by molar-refractivity contribution is 5.97. The molecule has 1 fully saturated rings. The summed E-state index contributed by atoms with van der Waals surface area (Å²) in [5.41, 5.74) is -0.0946. The molecule has 1 aromatic rings. The number of carbonyl (C=O) groups is 1. The van der Waals surface area contributed by atoms with Crippen LogP contribution < -0.4 is 10.1 Å². The number of nitrogens with zero attached hydrogens (tertiary/aromatic N) is 1. The van der Waals surface area contributed by atoms with Crippen molar-refractivity contribution in [1.29, 1.82) is 0 Å². The standard InChI is InChI=1S/C16H24N2O3/c1-4-5-10-21-14-9-8-13(11-17-14)18-15(19)16(2,20-3)12-6-7-12/h8-9,11-12H,4-7,10H2,1-3H3,(H,18,19)/t16-/m1/s1. The van der Waals surface area contributed by atoms with E-state index >= 15 is 0 Å². The molecule has 0 bridgehead atoms. The molecule has 1 heterocycles. The molecule has 1 amide bonds. The molecule has 0 radical (unpaired) electrons. The number of rotatable bonds is 8. The minimum atomic E-state index is -0.754. The minimum absolute atomic E-state index is 0.117. The predicted molar refractivity (Wildman–Crippen MR) is 81.4 cm³/mol. The molecule has 0 spiro atoms. The molecule has 1 atom stereocenters. The lowest BCUT2D eigenvalue weighted by Crippen LogP contribution is -2.44. The molecular formula is C16H24N2O3. The van der Waals surface area contributed by atoms with Crippen molar-refractivity contribution >= 4 is 11.6 Å². The maximum atomic E-state index is 12.3. The number of carbonyl (C=O) groups excluding carboxylic acids is 1. The summed E-state index contributed by atoms with van der Waals surface area (Å²) in [7, 11) is 1.58. The highest BCUT2D eigenvalue weighted by Crippen LogP contribution is 2.42. The monoisotopic (exact) mass is 292 g/mol. The van der Waals surface area contributed by atoms with Crippen molar-refractivity contribution in [3.05, 3.63) is 18.3 Å². The molecule has 2 rings (SSSR count). The second-order valence-corrected chi connectivity index (χ2v) is 5.63. The van der Waals surface area contributed by atoms with Crippen LogP contribution in [0.4, 0.5) is 5.69 Å². The van der Waals surface area contributed by atoms with Crippen LogP contribution in [0.5, 0.6) is 5.88 Å². The highest BCUT2D eigenvalue weighted by atomic mass is 16.5. The van der Waals surface area contributed by atoms with Gasteiger partial charge in [-0.05, 0) is 38.2 Å². The number of unbranched alkanes of at least 4 members (excludes halogenated alkanes) is 1. The zero-order chi connectivity index (χ0) is 15.3. The first-order chi connectivity index (χ1) is 10.1. The molecule has 0 unspecified atom stereocenters. The summed E-state index contributed by atoms with van der Waals surface area (Å²) < 4.78 is 10.9. The zero-order valence-electron chi connectivity index (χ0n) is 13.0. The fourth-order valence-corrected chi connectivity index (χ4v) is 2.19. The largest absolute Gasteiger partial charge is 0.478 e. The smallest absolute Gasteiger partial charge is 0.256 e. The maximum absolute atomic E-state index is 12.3. The number of hydrogen-bond donors (Lipinski definition) is 1. The topological polar surface area (TPSA) is 60.5 Å². The van der Waals surface area contributed by atoms with E-state index in [9.17, 15) is 4.79 Å². The van der Waals surface area contributed by atoms with Crippen LogP contribution in [0.3, 0.4) is 0 Å². The van der Waals surface area contributed by atoms with E-state index in [2.05, 4.69) is 17.2 Å². The van der Waals surface area contributed by atoms with Crippen molar-refractivity contribution in [2.24, 2.45) is 5.92 Å². The lowest BCUT2D eigenvalue weighted by Gasteiger charge is -2.26. The lowest BCUT2D eigenvalue weighted by atomic mass is 9.99. The quantitative estimate of drug-likeness (QED) is 0.748. The SMILES string of the molecule is CCCCOc1ccc(NC(=O)[C@](C)(OC)C2CC2)cn1. The summed E-state index contributed by atoms with van der Waals surface area (Å²) in [5.74, 6) is 0.777. The van der Waals surface area contributed by atoms with Gasteiger partial charge in [0.25, 0.3) is 5.91 Å². The lowest BCUT2D eigenvalue weighted by molar-refractivity contribution is -0.138. The Bertz CT molecular complexity index is 471. The van der Waals surface area contributed by atoms with Crippen LogP contribution in [0.2, 0.25) is 0 Å². The summed E-state index contributed by atoms with van der Waals surface area (Å²) in [4.78, 5) is 16.5. The summed E-state index contributed by atoms with van der Waals surface area (Å²) in [5, 5.41) is 2.87. The van der Waals surface area contributed by atoms with Gasteiger partial charge in [0.1, 0.15) is 5.60 Å². The Labute approximate surface area is 126 Å². The Balaban J connectivity index is 1.92. The first kappa shape index (κ1) is 15.8. The number of ether oxygens (including phenoxy) is 2. The van der Waals surface area contributed by atoms with Crippen LogP contribution in [0.15, 0.2) is 18.3 Å². The summed E-state index contributed by atoms with van der Waals surface area (Å²) in [6.45, 7) is 4.62. The van der Waals surface area contributed by atoms with E-state index in [1.807, 2.05) is 6.92 Å². The van der Waals surface area contributed by atoms with Gasteiger partial charge in [0.05, 0.1) is 18.5 Å². The van der Waals surface area contributed by atoms with Gasteiger partial charge in [0.15, 0.2) is 0 Å². The average molecular weight is 292 g/mol. The Hall–Kier alpha value is -1.62. The minimum Gasteiger partial charge on any atom is -0.478 e. The zero-order valence-corrected chi connectivity index (χ0v) is 13.0. The summed E-state index contributed by atoms with van der Waals surface area (Å²) in [6.07, 6.45) is 5.79. The van der Waals surface area contributed by atoms with Crippen molar-refractivity contribution in [1.82, 2.24) is 4.98 Å². The second-order valence-electron chi connectivity index (χ2n) is 5.63. The number of anilines is 1. The van der Waals surface area contributed by atoms with E-state index in [1.165, 1.54) is 0 Å². The normalized spacial score (nSPS) is 17.1. The van der Waals surface area contributed by atoms with Crippen LogP contribution in [0.1, 0.15) is 39.5 Å². The van der Waals surface area contributed by atoms with Gasteiger partial charge in [-0.3, -0.25) is 4.79 Å². The number of methoxy groups -OCH3 is 1. The van der Waals surface area contributed by atoms with Crippen molar-refractivity contribution in [2.45, 2.75) is 45.1 Å². The fourth-order valence-electron chi connectivity index (χ4n) is 2.19. The van der Waals surface area contributed by atoms with Crippen LogP contribution >= 0.6 is 0 Å². The molecule has 0 aliphatic heterocycles. The number of hydrogen-bond acceptors (Lipinski definition) is 4. The van der Waals surface area contributed by atoms with Crippen molar-refractivity contribution in [3.8, 4) is 5.88 Å². The molecule has 1 saturated carbocycles. The van der Waals surface area contributed by atoms with E-state index in [-0.39, 0.29) is 5.91 Å². The fraction of sp³-hybridized carbons (Fsp3) is 0.625. The molecule has 116 valence electrons. The van der Waals surface area contributed by atoms with E-state index in [1.54, 1.807) is 25.4 Å². The molecule has 1 aromatic heterocycles. The molecule has 1 N–H and O–H groups in total. The predicted octanol–water partition coefficient (Wildman–Crippen LogP) is 3.01. The van der Waals surface area contributed by atoms with Gasteiger partial charge in [-0.2, -0.15) is 0 Å². The van der Waals surface area contributed by atoms with Gasteiger partial charge >= 0.3 is 0 Å². The molecule has 0 aromatic carbocycles. The van der Waals surface area contributed by atoms with Gasteiger partial charge < -0.3 is 14.8 Å². The summed E-state index contributed by atoms with van der Waals surface area (Å²) in [6, 6.07) is 3.57. The molecule has 21 heavy (non-hydrogen) atoms. The van der Waals surface area contributed by atoms with Crippen LogP contribution in [0, 0.1) is 5.92 Å². The maximum Gasteiger partial charge on any atom is 0.256 e. The molecule has 5 nitrogen and oxygen atoms in total. The third-order valence-electron chi connectivity index (χ3n) is 3.97. The van der Waals surface area contributed by atoms with Crippen molar-refractivity contribution in [3.63, 3.8) is 0 Å². The van der Waals surface area contributed by atoms with Gasteiger partial charge in [-0.1, -0.05) is 13.3 Å². The Kier molecular flexibility index (Phi) is 5.17. The highest BCUT2D eigenvalue weighted by Gasteiger charge is 2.47. The third-order valence-corrected chi connectivity index (χ3v) is 3.97. The molecule has 1 aliphatic rings. The van der Waals surface area contributed by atoms with Crippen LogP contribution in [0.25, 0.3) is 0 Å². The van der Waals surface area contributed by atoms with E-state index < -0.39 is 5.60 Å². The Morgan fingerprint density at radius 3 is 2.76 bits per heavy atom. The number of nitrogens with one attached hydrogen (secondary N) is 1. The molecule has 0 saturated heterocycles. The molecular weight excluding hydrogens is 268 g/mol. The number of aromatic nitrogens is 1. The van der Waals surface area contributed by atoms with Crippen LogP contribution in [-0.2, 0) is 9.53 Å². The van der Waals surface area contributed by atoms with E-state index in [4.69, 9.17) is 9.47 Å². The van der Waals surface area contributed by atoms with E-state index in [0.29, 0.717) is 24.1 Å². The summed E-state index contributed by atoms with van der Waals surface area (Å²) >= 11 is 0. The van der Waals surface area contributed by atoms with Gasteiger partial charge in [-0.25, -0.2) is 4.98 Å². The first-order valence-electron chi connectivity index (χ1n) is 7.55. The van der Waals surface area contributed by atoms with Crippen LogP contribution in [-0.4, -0.2) is 30.2 Å². The van der Waals surface area contributed by atoms with Crippen molar-refractivity contribution in [2.75, 3.05) is 19.0 Å². The second kappa shape index (κ2) is 6.89. The van der Waals surface area contributed by atoms with Crippen molar-refractivity contribution < 1.29 is 14.3 Å². The molecule has 1 aliphatic carbocycles. The van der Waals surface area contributed by atoms with Gasteiger partial charge in [0.2, 0.25) is 5.88 Å². The Morgan fingerprint density at radius 2 is 2.24 bits per heavy atom.